The number of carbonyl (C=O) groups excluding carboxylic acids is 6. The number of ether oxygens (including phenoxy) is 4. The number of unbranched alkanes of at least 4 members (excludes halogenated alkanes) is 1. The third kappa shape index (κ3) is 11.5. The van der Waals surface area contributed by atoms with Crippen molar-refractivity contribution in [2.45, 2.75) is 117 Å². The second-order valence-electron chi connectivity index (χ2n) is 15.5. The molecule has 3 N–H and O–H groups in total. The summed E-state index contributed by atoms with van der Waals surface area (Å²) in [6.45, 7) is 12.7. The van der Waals surface area contributed by atoms with Gasteiger partial charge in [0.05, 0.1) is 0 Å². The minimum Gasteiger partial charge on any atom is -0.599 e. The fraction of sp³-hybridized carbons (Fsp3) is 0.548. The fourth-order valence-electron chi connectivity index (χ4n) is 6.61. The number of hydrogen-bond acceptors (Lipinski definition) is 12. The highest BCUT2D eigenvalue weighted by Crippen LogP contribution is 2.44. The first-order chi connectivity index (χ1) is 27.0. The van der Waals surface area contributed by atoms with Crippen molar-refractivity contribution < 1.29 is 57.1 Å². The molecule has 1 aliphatic carbocycles. The highest BCUT2D eigenvalue weighted by Gasteiger charge is 2.38. The normalized spacial score (nSPS) is 24.4. The highest BCUT2D eigenvalue weighted by molar-refractivity contribution is 5.93. The number of fused-ring (bicyclic) bond motifs is 3. The minimum absolute atomic E-state index is 0. The zero-order valence-corrected chi connectivity index (χ0v) is 33.9. The van der Waals surface area contributed by atoms with Crippen molar-refractivity contribution in [3.05, 3.63) is 59.7 Å². The summed E-state index contributed by atoms with van der Waals surface area (Å²) in [5.41, 5.74) is 4.36. The third-order valence-corrected chi connectivity index (χ3v) is 9.95. The quantitative estimate of drug-likeness (QED) is 0.104. The van der Waals surface area contributed by atoms with Crippen LogP contribution in [0.3, 0.4) is 0 Å². The Hall–Kier alpha value is -5.47. The minimum atomic E-state index is -1.40. The molecule has 1 saturated heterocycles. The van der Waals surface area contributed by atoms with Crippen LogP contribution in [0.1, 0.15) is 96.0 Å². The molecule has 2 aromatic rings. The summed E-state index contributed by atoms with van der Waals surface area (Å²) in [5.74, 6) is -6.79. The van der Waals surface area contributed by atoms with E-state index in [1.807, 2.05) is 48.5 Å². The van der Waals surface area contributed by atoms with Crippen LogP contribution < -0.4 is 21.1 Å². The molecule has 2 aromatic carbocycles. The molecule has 15 heteroatoms. The van der Waals surface area contributed by atoms with E-state index in [2.05, 4.69) is 20.9 Å². The van der Waals surface area contributed by atoms with Crippen LogP contribution in [0.2, 0.25) is 0 Å². The van der Waals surface area contributed by atoms with Gasteiger partial charge in [-0.3, -0.25) is 19.4 Å². The molecule has 15 nitrogen and oxygen atoms in total. The summed E-state index contributed by atoms with van der Waals surface area (Å²) in [6.07, 6.45) is -4.23. The molecule has 3 amide bonds. The Morgan fingerprint density at radius 1 is 0.684 bits per heavy atom. The van der Waals surface area contributed by atoms with Crippen LogP contribution in [0.15, 0.2) is 53.5 Å². The summed E-state index contributed by atoms with van der Waals surface area (Å²) in [7, 11) is 0. The Labute approximate surface area is 338 Å². The van der Waals surface area contributed by atoms with Gasteiger partial charge in [-0.1, -0.05) is 90.1 Å². The monoisotopic (exact) mass is 800 g/mol. The van der Waals surface area contributed by atoms with Crippen LogP contribution in [-0.4, -0.2) is 91.3 Å². The van der Waals surface area contributed by atoms with Crippen LogP contribution in [0.5, 0.6) is 0 Å². The second-order valence-corrected chi connectivity index (χ2v) is 15.5. The average Bonchev–Trinajstić information content (AvgIpc) is 3.48. The summed E-state index contributed by atoms with van der Waals surface area (Å²) in [4.78, 5) is 84.0. The van der Waals surface area contributed by atoms with E-state index in [-0.39, 0.29) is 36.2 Å². The summed E-state index contributed by atoms with van der Waals surface area (Å²) < 4.78 is 22.0. The van der Waals surface area contributed by atoms with Gasteiger partial charge in [0.2, 0.25) is 0 Å². The second kappa shape index (κ2) is 20.1. The number of cyclic esters (lactones) is 3. The number of esters is 3. The molecule has 1 heterocycles. The van der Waals surface area contributed by atoms with Gasteiger partial charge in [0.15, 0.2) is 18.3 Å². The molecule has 4 rings (SSSR count). The fourth-order valence-corrected chi connectivity index (χ4v) is 6.61. The van der Waals surface area contributed by atoms with Crippen molar-refractivity contribution in [1.29, 1.82) is 0 Å². The van der Waals surface area contributed by atoms with Gasteiger partial charge < -0.3 is 40.0 Å². The lowest BCUT2D eigenvalue weighted by Gasteiger charge is -2.29. The Morgan fingerprint density at radius 2 is 1.18 bits per heavy atom. The van der Waals surface area contributed by atoms with Gasteiger partial charge in [-0.15, -0.1) is 0 Å². The van der Waals surface area contributed by atoms with Gasteiger partial charge in [-0.2, -0.15) is 0 Å². The maximum absolute atomic E-state index is 13.7. The SMILES string of the molecule is CC1OC(=O)C(C(C)C)NC(=O)C(C)OC(=O)C(C(C)C)NC(=O)C(C(C)C)OC(=O)C(CCCCN=C([O-])OCC2c3ccccc3-c3ccccc32)NC1=O.[2HH].[2HH].[2HH]. The highest BCUT2D eigenvalue weighted by atomic mass is 16.6. The summed E-state index contributed by atoms with van der Waals surface area (Å²) in [5, 5.41) is 20.3. The molecule has 0 radical (unpaired) electrons. The van der Waals surface area contributed by atoms with Crippen molar-refractivity contribution in [3.8, 4) is 11.1 Å². The van der Waals surface area contributed by atoms with E-state index < -0.39 is 95.9 Å². The number of benzene rings is 2. The number of carbonyl (C=O) groups is 6. The molecule has 1 fully saturated rings. The number of aliphatic imine (C=N–C) groups is 1. The van der Waals surface area contributed by atoms with Gasteiger partial charge in [0.25, 0.3) is 17.7 Å². The Bertz CT molecular complexity index is 1780. The van der Waals surface area contributed by atoms with Crippen LogP contribution in [0, 0.1) is 17.8 Å². The van der Waals surface area contributed by atoms with Gasteiger partial charge in [0, 0.05) is 23.3 Å². The molecule has 0 aromatic heterocycles. The number of nitrogens with one attached hydrogen (secondary N) is 3. The van der Waals surface area contributed by atoms with E-state index >= 15 is 0 Å². The lowest BCUT2D eigenvalue weighted by molar-refractivity contribution is -0.251. The molecule has 1 aliphatic heterocycles. The van der Waals surface area contributed by atoms with Gasteiger partial charge >= 0.3 is 17.9 Å². The zero-order valence-electron chi connectivity index (χ0n) is 33.9. The van der Waals surface area contributed by atoms with Crippen LogP contribution in [-0.2, 0) is 47.7 Å². The molecule has 2 aliphatic rings. The smallest absolute Gasteiger partial charge is 0.329 e. The Balaban J connectivity index is 0.00000600. The van der Waals surface area contributed by atoms with Gasteiger partial charge in [-0.25, -0.2) is 14.4 Å². The number of amides is 3. The lowest BCUT2D eigenvalue weighted by Crippen LogP contribution is -2.55. The van der Waals surface area contributed by atoms with E-state index in [1.54, 1.807) is 41.5 Å². The molecule has 0 bridgehead atoms. The number of rotatable bonds is 10. The first-order valence-electron chi connectivity index (χ1n) is 19.5. The first-order valence-corrected chi connectivity index (χ1v) is 19.5. The Morgan fingerprint density at radius 3 is 1.68 bits per heavy atom. The number of hydrogen-bond donors (Lipinski definition) is 3. The van der Waals surface area contributed by atoms with Gasteiger partial charge in [-0.05, 0) is 73.1 Å². The van der Waals surface area contributed by atoms with E-state index in [0.717, 1.165) is 22.3 Å². The third-order valence-electron chi connectivity index (χ3n) is 9.95. The van der Waals surface area contributed by atoms with Crippen LogP contribution in [0.25, 0.3) is 11.1 Å². The number of nitrogens with zero attached hydrogens (tertiary/aromatic N) is 1. The maximum atomic E-state index is 13.7. The summed E-state index contributed by atoms with van der Waals surface area (Å²) >= 11 is 0. The molecular weight excluding hydrogens is 736 g/mol. The van der Waals surface area contributed by atoms with E-state index in [4.69, 9.17) is 18.9 Å². The molecular formula is C42H61N4O11-. The maximum Gasteiger partial charge on any atom is 0.329 e. The Kier molecular flexibility index (Phi) is 15.6. The standard InChI is InChI=1S/C42H56N4O11.3H2/c1-22(2)33-40(51)55-25(7)36(47)44-32(39(50)57-35(24(5)6)38(49)46-34(23(3)4)41(52)56-26(8)37(48)45-33)19-13-14-20-43-42(53)54-21-31-29-17-11-9-15-27(29)28-16-10-12-18-30(28)31;;;/h9-12,15-18,22-26,31-35H,13-14,19-21H2,1-8H3,(H,43,53)(H,44,47)(H,45,48)(H,46,49);3*1H/p-1/i;3*1+1. The van der Waals surface area contributed by atoms with Crippen molar-refractivity contribution in [2.75, 3.05) is 13.2 Å². The van der Waals surface area contributed by atoms with Crippen molar-refractivity contribution in [1.82, 2.24) is 16.0 Å². The first kappa shape index (κ1) is 44.2. The van der Waals surface area contributed by atoms with Crippen molar-refractivity contribution in [3.63, 3.8) is 0 Å². The molecule has 0 spiro atoms. The van der Waals surface area contributed by atoms with Gasteiger partial charge in [0.1, 0.15) is 24.2 Å². The predicted octanol–water partition coefficient (Wildman–Crippen LogP) is 3.65. The largest absolute Gasteiger partial charge is 0.599 e. The van der Waals surface area contributed by atoms with E-state index in [0.29, 0.717) is 6.42 Å². The summed E-state index contributed by atoms with van der Waals surface area (Å²) in [6, 6.07) is 12.3. The average molecular weight is 801 g/mol. The molecule has 0 saturated carbocycles. The molecule has 316 valence electrons. The molecule has 6 atom stereocenters. The topological polar surface area (TPSA) is 211 Å². The molecule has 57 heavy (non-hydrogen) atoms. The van der Waals surface area contributed by atoms with Crippen LogP contribution >= 0.6 is 0 Å². The van der Waals surface area contributed by atoms with Crippen LogP contribution in [0.4, 0.5) is 0 Å². The van der Waals surface area contributed by atoms with Crippen molar-refractivity contribution >= 4 is 41.7 Å². The van der Waals surface area contributed by atoms with E-state index in [9.17, 15) is 33.9 Å². The zero-order chi connectivity index (χ0) is 42.0. The predicted molar refractivity (Wildman–Crippen MR) is 213 cm³/mol. The van der Waals surface area contributed by atoms with Crippen molar-refractivity contribution in [2.24, 2.45) is 22.7 Å². The van der Waals surface area contributed by atoms with E-state index in [1.165, 1.54) is 13.8 Å². The molecule has 6 unspecified atom stereocenters. The lowest BCUT2D eigenvalue weighted by atomic mass is 9.98.